The second-order valence-electron chi connectivity index (χ2n) is 6.48. The van der Waals surface area contributed by atoms with Gasteiger partial charge in [-0.15, -0.1) is 0 Å². The molecular formula is C18H23N3O3. The highest BCUT2D eigenvalue weighted by Gasteiger charge is 2.27. The van der Waals surface area contributed by atoms with Crippen LogP contribution in [0.1, 0.15) is 30.4 Å². The van der Waals surface area contributed by atoms with Gasteiger partial charge in [0.15, 0.2) is 0 Å². The third kappa shape index (κ3) is 3.64. The topological polar surface area (TPSA) is 71.0 Å². The molecule has 1 aromatic rings. The molecule has 1 unspecified atom stereocenters. The number of aryl methyl sites for hydroxylation is 2. The largest absolute Gasteiger partial charge is 0.381 e. The summed E-state index contributed by atoms with van der Waals surface area (Å²) in [5, 5.41) is 8.63. The molecule has 0 aliphatic carbocycles. The van der Waals surface area contributed by atoms with Crippen LogP contribution in [-0.4, -0.2) is 37.3 Å². The number of anilines is 1. The minimum Gasteiger partial charge on any atom is -0.381 e. The van der Waals surface area contributed by atoms with Crippen molar-refractivity contribution in [3.8, 4) is 0 Å². The van der Waals surface area contributed by atoms with Gasteiger partial charge in [0.1, 0.15) is 5.71 Å². The van der Waals surface area contributed by atoms with Crippen molar-refractivity contribution >= 4 is 23.2 Å². The lowest BCUT2D eigenvalue weighted by Crippen LogP contribution is -2.40. The number of nitrogens with zero attached hydrogens (tertiary/aromatic N) is 2. The number of benzene rings is 1. The second kappa shape index (κ2) is 7.13. The van der Waals surface area contributed by atoms with E-state index in [4.69, 9.17) is 4.74 Å². The molecule has 3 rings (SSSR count). The van der Waals surface area contributed by atoms with Gasteiger partial charge in [-0.05, 0) is 37.5 Å². The third-order valence-corrected chi connectivity index (χ3v) is 4.46. The molecule has 0 aromatic heterocycles. The maximum absolute atomic E-state index is 12.4. The zero-order chi connectivity index (χ0) is 17.1. The summed E-state index contributed by atoms with van der Waals surface area (Å²) >= 11 is 0. The number of carbonyl (C=O) groups is 2. The van der Waals surface area contributed by atoms with E-state index in [1.54, 1.807) is 0 Å². The molecule has 1 atom stereocenters. The lowest BCUT2D eigenvalue weighted by Gasteiger charge is -2.25. The van der Waals surface area contributed by atoms with Crippen LogP contribution in [0.15, 0.2) is 23.3 Å². The summed E-state index contributed by atoms with van der Waals surface area (Å²) in [5.41, 5.74) is 3.17. The molecule has 0 spiro atoms. The average molecular weight is 329 g/mol. The number of carbonyl (C=O) groups excluding carboxylic acids is 2. The first-order valence-electron chi connectivity index (χ1n) is 8.38. The molecule has 1 saturated heterocycles. The van der Waals surface area contributed by atoms with Gasteiger partial charge in [-0.25, -0.2) is 5.01 Å². The molecule has 0 bridgehead atoms. The Morgan fingerprint density at radius 1 is 1.38 bits per heavy atom. The quantitative estimate of drug-likeness (QED) is 0.917. The Hall–Kier alpha value is -2.21. The number of hydrogen-bond acceptors (Lipinski definition) is 4. The van der Waals surface area contributed by atoms with Gasteiger partial charge in [0.2, 0.25) is 5.91 Å². The molecule has 2 aliphatic heterocycles. The summed E-state index contributed by atoms with van der Waals surface area (Å²) in [6, 6.07) is 5.88. The van der Waals surface area contributed by atoms with Crippen molar-refractivity contribution in [2.75, 3.05) is 24.8 Å². The first-order valence-corrected chi connectivity index (χ1v) is 8.38. The van der Waals surface area contributed by atoms with E-state index >= 15 is 0 Å². The zero-order valence-electron chi connectivity index (χ0n) is 14.2. The number of amides is 2. The zero-order valence-corrected chi connectivity index (χ0v) is 14.2. The highest BCUT2D eigenvalue weighted by molar-refractivity contribution is 6.40. The number of ether oxygens (including phenoxy) is 1. The van der Waals surface area contributed by atoms with E-state index in [0.29, 0.717) is 37.6 Å². The maximum Gasteiger partial charge on any atom is 0.267 e. The summed E-state index contributed by atoms with van der Waals surface area (Å²) < 4.78 is 5.31. The van der Waals surface area contributed by atoms with Crippen LogP contribution >= 0.6 is 0 Å². The number of hydrogen-bond donors (Lipinski definition) is 1. The van der Waals surface area contributed by atoms with E-state index in [9.17, 15) is 9.59 Å². The van der Waals surface area contributed by atoms with Gasteiger partial charge in [-0.2, -0.15) is 5.10 Å². The van der Waals surface area contributed by atoms with Crippen molar-refractivity contribution in [3.05, 3.63) is 29.3 Å². The maximum atomic E-state index is 12.4. The fourth-order valence-electron chi connectivity index (χ4n) is 2.94. The van der Waals surface area contributed by atoms with Gasteiger partial charge in [0.25, 0.3) is 5.91 Å². The molecule has 0 saturated carbocycles. The number of hydrazone groups is 1. The van der Waals surface area contributed by atoms with Crippen molar-refractivity contribution in [1.82, 2.24) is 5.32 Å². The number of nitrogens with one attached hydrogen (secondary N) is 1. The van der Waals surface area contributed by atoms with E-state index in [1.165, 1.54) is 5.01 Å². The molecule has 24 heavy (non-hydrogen) atoms. The summed E-state index contributed by atoms with van der Waals surface area (Å²) in [6.45, 7) is 5.95. The molecule has 6 heteroatoms. The Labute approximate surface area is 141 Å². The Kier molecular flexibility index (Phi) is 4.94. The monoisotopic (exact) mass is 329 g/mol. The van der Waals surface area contributed by atoms with Crippen molar-refractivity contribution in [1.29, 1.82) is 0 Å². The average Bonchev–Trinajstić information content (AvgIpc) is 3.09. The molecule has 0 radical (unpaired) electrons. The van der Waals surface area contributed by atoms with Gasteiger partial charge in [-0.3, -0.25) is 9.59 Å². The summed E-state index contributed by atoms with van der Waals surface area (Å²) in [5.74, 6) is 0.101. The molecule has 6 nitrogen and oxygen atoms in total. The molecular weight excluding hydrogens is 306 g/mol. The lowest BCUT2D eigenvalue weighted by molar-refractivity contribution is -0.119. The van der Waals surface area contributed by atoms with Crippen LogP contribution in [0.25, 0.3) is 0 Å². The summed E-state index contributed by atoms with van der Waals surface area (Å²) in [4.78, 5) is 24.6. The predicted molar refractivity (Wildman–Crippen MR) is 92.0 cm³/mol. The summed E-state index contributed by atoms with van der Waals surface area (Å²) in [7, 11) is 0. The normalized spacial score (nSPS) is 20.9. The minimum atomic E-state index is -0.190. The van der Waals surface area contributed by atoms with Crippen LogP contribution in [0.3, 0.4) is 0 Å². The molecule has 2 heterocycles. The molecule has 1 aromatic carbocycles. The second-order valence-corrected chi connectivity index (χ2v) is 6.48. The highest BCUT2D eigenvalue weighted by Crippen LogP contribution is 2.25. The van der Waals surface area contributed by atoms with Gasteiger partial charge in [-0.1, -0.05) is 12.1 Å². The van der Waals surface area contributed by atoms with Crippen LogP contribution in [0.4, 0.5) is 5.69 Å². The number of rotatable bonds is 4. The molecule has 2 aliphatic rings. The first kappa shape index (κ1) is 16.6. The van der Waals surface area contributed by atoms with Crippen molar-refractivity contribution < 1.29 is 14.3 Å². The molecule has 1 fully saturated rings. The minimum absolute atomic E-state index is 0.0792. The van der Waals surface area contributed by atoms with Gasteiger partial charge in [0.05, 0.1) is 12.3 Å². The Balaban J connectivity index is 1.74. The van der Waals surface area contributed by atoms with Gasteiger partial charge < -0.3 is 10.1 Å². The van der Waals surface area contributed by atoms with Gasteiger partial charge >= 0.3 is 0 Å². The Bertz CT molecular complexity index is 678. The Morgan fingerprint density at radius 2 is 2.21 bits per heavy atom. The van der Waals surface area contributed by atoms with Crippen LogP contribution in [0.2, 0.25) is 0 Å². The lowest BCUT2D eigenvalue weighted by atomic mass is 10.1. The highest BCUT2D eigenvalue weighted by atomic mass is 16.5. The van der Waals surface area contributed by atoms with Crippen LogP contribution in [-0.2, 0) is 14.3 Å². The van der Waals surface area contributed by atoms with E-state index in [0.717, 1.165) is 29.8 Å². The van der Waals surface area contributed by atoms with E-state index < -0.39 is 0 Å². The van der Waals surface area contributed by atoms with Crippen molar-refractivity contribution in [2.45, 2.75) is 33.1 Å². The van der Waals surface area contributed by atoms with E-state index in [-0.39, 0.29) is 11.8 Å². The van der Waals surface area contributed by atoms with Crippen LogP contribution in [0.5, 0.6) is 0 Å². The first-order chi connectivity index (χ1) is 11.5. The van der Waals surface area contributed by atoms with Crippen molar-refractivity contribution in [2.24, 2.45) is 11.0 Å². The Morgan fingerprint density at radius 3 is 2.96 bits per heavy atom. The SMILES string of the molecule is Cc1ccc(C)c(N2N=C(C(=O)NCC3CCOC3)CCC2=O)c1. The van der Waals surface area contributed by atoms with Gasteiger partial charge in [0, 0.05) is 31.9 Å². The molecule has 1 N–H and O–H groups in total. The van der Waals surface area contributed by atoms with Crippen LogP contribution in [0, 0.1) is 19.8 Å². The smallest absolute Gasteiger partial charge is 0.267 e. The molecule has 2 amide bonds. The van der Waals surface area contributed by atoms with E-state index in [2.05, 4.69) is 10.4 Å². The standard InChI is InChI=1S/C18H23N3O3/c1-12-3-4-13(2)16(9-12)21-17(22)6-5-15(20-21)18(23)19-10-14-7-8-24-11-14/h3-4,9,14H,5-8,10-11H2,1-2H3,(H,19,23). The fraction of sp³-hybridized carbons (Fsp3) is 0.500. The fourth-order valence-corrected chi connectivity index (χ4v) is 2.94. The van der Waals surface area contributed by atoms with Crippen LogP contribution < -0.4 is 10.3 Å². The molecule has 128 valence electrons. The van der Waals surface area contributed by atoms with Crippen molar-refractivity contribution in [3.63, 3.8) is 0 Å². The summed E-state index contributed by atoms with van der Waals surface area (Å²) in [6.07, 6.45) is 1.65. The third-order valence-electron chi connectivity index (χ3n) is 4.46. The predicted octanol–water partition coefficient (Wildman–Crippen LogP) is 1.94. The van der Waals surface area contributed by atoms with E-state index in [1.807, 2.05) is 32.0 Å².